The van der Waals surface area contributed by atoms with Crippen molar-refractivity contribution in [2.75, 3.05) is 18.2 Å². The molecule has 0 aliphatic carbocycles. The second-order valence-corrected chi connectivity index (χ2v) is 8.71. The average molecular weight is 491 g/mol. The van der Waals surface area contributed by atoms with Crippen LogP contribution >= 0.6 is 23.4 Å². The minimum atomic E-state index is -0.159. The second kappa shape index (κ2) is 9.58. The number of fused-ring (bicyclic) bond motifs is 1. The van der Waals surface area contributed by atoms with E-state index in [1.54, 1.807) is 25.4 Å². The fraction of sp³-hybridized carbons (Fsp3) is 0.0833. The summed E-state index contributed by atoms with van der Waals surface area (Å²) in [5.41, 5.74) is 3.16. The van der Waals surface area contributed by atoms with Crippen molar-refractivity contribution in [2.45, 2.75) is 5.16 Å². The van der Waals surface area contributed by atoms with Crippen molar-refractivity contribution in [1.82, 2.24) is 25.0 Å². The van der Waals surface area contributed by atoms with E-state index in [2.05, 4.69) is 25.7 Å². The van der Waals surface area contributed by atoms with Gasteiger partial charge in [-0.05, 0) is 54.6 Å². The minimum Gasteiger partial charge on any atom is -0.496 e. The summed E-state index contributed by atoms with van der Waals surface area (Å²) < 4.78 is 7.42. The quantitative estimate of drug-likeness (QED) is 0.304. The Labute approximate surface area is 204 Å². The number of H-pyrrole nitrogens is 1. The molecular weight excluding hydrogens is 472 g/mol. The van der Waals surface area contributed by atoms with E-state index in [-0.39, 0.29) is 11.7 Å². The highest BCUT2D eigenvalue weighted by atomic mass is 35.5. The molecule has 0 atom stereocenters. The molecule has 0 saturated carbocycles. The van der Waals surface area contributed by atoms with E-state index in [0.717, 1.165) is 22.2 Å². The Bertz CT molecular complexity index is 1460. The number of methoxy groups -OCH3 is 1. The van der Waals surface area contributed by atoms with E-state index in [9.17, 15) is 4.79 Å². The molecule has 0 unspecified atom stereocenters. The van der Waals surface area contributed by atoms with Crippen molar-refractivity contribution in [1.29, 1.82) is 0 Å². The van der Waals surface area contributed by atoms with Crippen LogP contribution in [-0.4, -0.2) is 43.7 Å². The molecule has 0 spiro atoms. The zero-order valence-electron chi connectivity index (χ0n) is 18.0. The van der Waals surface area contributed by atoms with Gasteiger partial charge in [0.25, 0.3) is 0 Å². The smallest absolute Gasteiger partial charge is 0.234 e. The summed E-state index contributed by atoms with van der Waals surface area (Å²) >= 11 is 7.39. The van der Waals surface area contributed by atoms with Gasteiger partial charge in [0.15, 0.2) is 11.0 Å². The number of nitrogens with one attached hydrogen (secondary N) is 2. The molecule has 10 heteroatoms. The van der Waals surface area contributed by atoms with Gasteiger partial charge in [-0.15, -0.1) is 10.2 Å². The molecule has 1 amide bonds. The Kier molecular flexibility index (Phi) is 6.20. The second-order valence-electron chi connectivity index (χ2n) is 7.33. The van der Waals surface area contributed by atoms with E-state index >= 15 is 0 Å². The average Bonchev–Trinajstić information content (AvgIpc) is 3.50. The van der Waals surface area contributed by atoms with E-state index in [1.807, 2.05) is 59.2 Å². The van der Waals surface area contributed by atoms with Crippen molar-refractivity contribution >= 4 is 45.9 Å². The summed E-state index contributed by atoms with van der Waals surface area (Å²) in [6.07, 6.45) is 1.74. The fourth-order valence-corrected chi connectivity index (χ4v) is 4.41. The van der Waals surface area contributed by atoms with Crippen molar-refractivity contribution < 1.29 is 9.53 Å². The predicted octanol–water partition coefficient (Wildman–Crippen LogP) is 5.20. The molecule has 2 heterocycles. The van der Waals surface area contributed by atoms with Crippen LogP contribution < -0.4 is 10.1 Å². The third-order valence-corrected chi connectivity index (χ3v) is 6.31. The molecule has 2 N–H and O–H groups in total. The molecule has 3 aromatic carbocycles. The number of thioether (sulfide) groups is 1. The number of rotatable bonds is 7. The van der Waals surface area contributed by atoms with Gasteiger partial charge >= 0.3 is 0 Å². The van der Waals surface area contributed by atoms with Crippen LogP contribution in [0.15, 0.2) is 78.1 Å². The maximum absolute atomic E-state index is 12.7. The van der Waals surface area contributed by atoms with Crippen molar-refractivity contribution in [2.24, 2.45) is 0 Å². The normalized spacial score (nSPS) is 11.0. The van der Waals surface area contributed by atoms with Crippen LogP contribution in [0.3, 0.4) is 0 Å². The van der Waals surface area contributed by atoms with Gasteiger partial charge in [0.05, 0.1) is 30.1 Å². The summed E-state index contributed by atoms with van der Waals surface area (Å²) in [4.78, 5) is 12.7. The number of nitrogens with zero attached hydrogens (tertiary/aromatic N) is 4. The van der Waals surface area contributed by atoms with Crippen LogP contribution in [0, 0.1) is 0 Å². The standard InChI is InChI=1S/C24H19ClN6O2S/c1-33-21-5-3-2-4-19(21)23-29-30-24(31(23)18-10-7-16(25)8-11-18)34-14-22(32)27-17-9-6-15-13-26-28-20(15)12-17/h2-13H,14H2,1H3,(H,26,28)(H,27,32). The molecule has 5 aromatic rings. The maximum atomic E-state index is 12.7. The summed E-state index contributed by atoms with van der Waals surface area (Å²) in [6, 6.07) is 20.6. The van der Waals surface area contributed by atoms with Crippen LogP contribution in [-0.2, 0) is 4.79 Å². The molecule has 0 fully saturated rings. The number of para-hydroxylation sites is 1. The van der Waals surface area contributed by atoms with Gasteiger partial charge in [-0.2, -0.15) is 5.10 Å². The van der Waals surface area contributed by atoms with Crippen molar-refractivity contribution in [3.8, 4) is 22.8 Å². The van der Waals surface area contributed by atoms with Crippen LogP contribution in [0.2, 0.25) is 5.02 Å². The number of aromatic amines is 1. The number of carbonyl (C=O) groups is 1. The number of halogens is 1. The molecule has 5 rings (SSSR count). The molecule has 0 radical (unpaired) electrons. The Morgan fingerprint density at radius 1 is 1.12 bits per heavy atom. The topological polar surface area (TPSA) is 97.7 Å². The van der Waals surface area contributed by atoms with Crippen LogP contribution in [0.25, 0.3) is 28.0 Å². The minimum absolute atomic E-state index is 0.151. The number of anilines is 1. The summed E-state index contributed by atoms with van der Waals surface area (Å²) in [7, 11) is 1.61. The third-order valence-electron chi connectivity index (χ3n) is 5.12. The van der Waals surface area contributed by atoms with Crippen molar-refractivity contribution in [3.05, 3.63) is 77.9 Å². The first-order valence-corrected chi connectivity index (χ1v) is 11.7. The fourth-order valence-electron chi connectivity index (χ4n) is 3.53. The molecular formula is C24H19ClN6O2S. The van der Waals surface area contributed by atoms with Crippen molar-refractivity contribution in [3.63, 3.8) is 0 Å². The van der Waals surface area contributed by atoms with Gasteiger partial charge in [-0.1, -0.05) is 35.5 Å². The lowest BCUT2D eigenvalue weighted by molar-refractivity contribution is -0.113. The summed E-state index contributed by atoms with van der Waals surface area (Å²) in [5, 5.41) is 20.8. The number of hydrogen-bond acceptors (Lipinski definition) is 6. The van der Waals surface area contributed by atoms with E-state index < -0.39 is 0 Å². The number of benzene rings is 3. The molecule has 8 nitrogen and oxygen atoms in total. The van der Waals surface area contributed by atoms with Gasteiger partial charge in [-0.3, -0.25) is 14.5 Å². The van der Waals surface area contributed by atoms with Gasteiger partial charge in [0.2, 0.25) is 5.91 Å². The predicted molar refractivity (Wildman–Crippen MR) is 134 cm³/mol. The highest BCUT2D eigenvalue weighted by molar-refractivity contribution is 7.99. The number of ether oxygens (including phenoxy) is 1. The number of amides is 1. The molecule has 0 aliphatic rings. The highest BCUT2D eigenvalue weighted by Gasteiger charge is 2.20. The van der Waals surface area contributed by atoms with Gasteiger partial charge in [0.1, 0.15) is 5.75 Å². The lowest BCUT2D eigenvalue weighted by Gasteiger charge is -2.12. The Balaban J connectivity index is 1.42. The lowest BCUT2D eigenvalue weighted by Crippen LogP contribution is -2.14. The lowest BCUT2D eigenvalue weighted by atomic mass is 10.2. The van der Waals surface area contributed by atoms with E-state index in [1.165, 1.54) is 11.8 Å². The van der Waals surface area contributed by atoms with Crippen LogP contribution in [0.1, 0.15) is 0 Å². The van der Waals surface area contributed by atoms with Crippen LogP contribution in [0.5, 0.6) is 5.75 Å². The van der Waals surface area contributed by atoms with Gasteiger partial charge in [-0.25, -0.2) is 0 Å². The first-order valence-electron chi connectivity index (χ1n) is 10.3. The largest absolute Gasteiger partial charge is 0.496 e. The molecule has 34 heavy (non-hydrogen) atoms. The van der Waals surface area contributed by atoms with Gasteiger partial charge < -0.3 is 10.1 Å². The van der Waals surface area contributed by atoms with E-state index in [4.69, 9.17) is 16.3 Å². The molecule has 2 aromatic heterocycles. The first-order chi connectivity index (χ1) is 16.6. The zero-order chi connectivity index (χ0) is 23.5. The number of carbonyl (C=O) groups excluding carboxylic acids is 1. The Morgan fingerprint density at radius 2 is 1.94 bits per heavy atom. The van der Waals surface area contributed by atoms with E-state index in [0.29, 0.717) is 27.4 Å². The highest BCUT2D eigenvalue weighted by Crippen LogP contribution is 2.33. The monoisotopic (exact) mass is 490 g/mol. The SMILES string of the molecule is COc1ccccc1-c1nnc(SCC(=O)Nc2ccc3cn[nH]c3c2)n1-c1ccc(Cl)cc1. The number of hydrogen-bond donors (Lipinski definition) is 2. The first kappa shape index (κ1) is 22.0. The zero-order valence-corrected chi connectivity index (χ0v) is 19.6. The maximum Gasteiger partial charge on any atom is 0.234 e. The third kappa shape index (κ3) is 4.48. The Hall–Kier alpha value is -3.82. The van der Waals surface area contributed by atoms with Crippen LogP contribution in [0.4, 0.5) is 5.69 Å². The molecule has 0 saturated heterocycles. The molecule has 0 bridgehead atoms. The molecule has 0 aliphatic heterocycles. The molecule has 170 valence electrons. The Morgan fingerprint density at radius 3 is 2.76 bits per heavy atom. The summed E-state index contributed by atoms with van der Waals surface area (Å²) in [6.45, 7) is 0. The number of aromatic nitrogens is 5. The summed E-state index contributed by atoms with van der Waals surface area (Å²) in [5.74, 6) is 1.27. The van der Waals surface area contributed by atoms with Gasteiger partial charge in [0, 0.05) is 21.8 Å².